The van der Waals surface area contributed by atoms with Crippen molar-refractivity contribution in [2.45, 2.75) is 33.4 Å². The molecular formula is C21H21FN4O3. The summed E-state index contributed by atoms with van der Waals surface area (Å²) in [6.07, 6.45) is 0. The van der Waals surface area contributed by atoms with Gasteiger partial charge in [-0.3, -0.25) is 14.2 Å². The number of aromatic nitrogens is 3. The maximum absolute atomic E-state index is 13.7. The van der Waals surface area contributed by atoms with Crippen molar-refractivity contribution in [3.8, 4) is 5.69 Å². The van der Waals surface area contributed by atoms with Crippen molar-refractivity contribution < 1.29 is 9.18 Å². The van der Waals surface area contributed by atoms with Crippen molar-refractivity contribution in [2.24, 2.45) is 0 Å². The Balaban J connectivity index is 2.22. The molecule has 2 aromatic carbocycles. The summed E-state index contributed by atoms with van der Waals surface area (Å²) in [6.45, 7) is 5.34. The van der Waals surface area contributed by atoms with Crippen LogP contribution < -0.4 is 16.6 Å². The van der Waals surface area contributed by atoms with Gasteiger partial charge in [-0.15, -0.1) is 0 Å². The molecule has 0 radical (unpaired) electrons. The zero-order valence-corrected chi connectivity index (χ0v) is 16.3. The van der Waals surface area contributed by atoms with Crippen LogP contribution in [0, 0.1) is 12.7 Å². The van der Waals surface area contributed by atoms with Crippen LogP contribution in [0.4, 0.5) is 4.39 Å². The topological polar surface area (TPSA) is 86.0 Å². The number of aryl methyl sites for hydroxylation is 1. The summed E-state index contributed by atoms with van der Waals surface area (Å²) in [5.41, 5.74) is -0.198. The lowest BCUT2D eigenvalue weighted by atomic mass is 10.1. The largest absolute Gasteiger partial charge is 0.352 e. The minimum Gasteiger partial charge on any atom is -0.348 e. The van der Waals surface area contributed by atoms with Crippen molar-refractivity contribution in [1.29, 1.82) is 0 Å². The Morgan fingerprint density at radius 1 is 1.14 bits per heavy atom. The van der Waals surface area contributed by atoms with Gasteiger partial charge in [0.25, 0.3) is 11.5 Å². The van der Waals surface area contributed by atoms with Crippen molar-refractivity contribution in [1.82, 2.24) is 19.7 Å². The molecule has 0 atom stereocenters. The Morgan fingerprint density at radius 2 is 1.86 bits per heavy atom. The predicted molar refractivity (Wildman–Crippen MR) is 107 cm³/mol. The molecule has 0 fully saturated rings. The Hall–Kier alpha value is -3.55. The first-order valence-electron chi connectivity index (χ1n) is 9.13. The number of hydrogen-bond acceptors (Lipinski definition) is 4. The molecule has 150 valence electrons. The summed E-state index contributed by atoms with van der Waals surface area (Å²) in [5, 5.41) is 6.55. The van der Waals surface area contributed by atoms with E-state index >= 15 is 0 Å². The smallest absolute Gasteiger partial charge is 0.348 e. The van der Waals surface area contributed by atoms with Crippen molar-refractivity contribution in [3.63, 3.8) is 0 Å². The minimum absolute atomic E-state index is 0.0425. The number of carbonyl (C=O) groups is 1. The highest BCUT2D eigenvalue weighted by Gasteiger charge is 2.21. The molecule has 0 saturated carbocycles. The van der Waals surface area contributed by atoms with Crippen LogP contribution in [0.5, 0.6) is 0 Å². The maximum atomic E-state index is 13.7. The molecule has 3 rings (SSSR count). The monoisotopic (exact) mass is 396 g/mol. The number of benzene rings is 2. The molecule has 0 bridgehead atoms. The Morgan fingerprint density at radius 3 is 2.52 bits per heavy atom. The molecular weight excluding hydrogens is 375 g/mol. The molecule has 7 nitrogen and oxygen atoms in total. The molecule has 1 amide bonds. The van der Waals surface area contributed by atoms with Crippen LogP contribution >= 0.6 is 0 Å². The van der Waals surface area contributed by atoms with E-state index in [1.165, 1.54) is 18.2 Å². The van der Waals surface area contributed by atoms with Crippen LogP contribution in [0.15, 0.2) is 58.1 Å². The van der Waals surface area contributed by atoms with Crippen LogP contribution in [-0.4, -0.2) is 26.3 Å². The molecule has 0 unspecified atom stereocenters. The van der Waals surface area contributed by atoms with Gasteiger partial charge in [0.05, 0.1) is 12.2 Å². The van der Waals surface area contributed by atoms with Crippen LogP contribution in [0.3, 0.4) is 0 Å². The van der Waals surface area contributed by atoms with Gasteiger partial charge < -0.3 is 5.32 Å². The molecule has 1 N–H and O–H groups in total. The standard InChI is InChI=1S/C21H21FN4O3/c1-13(2)23-19(27)18-20(28)25(12-15-7-4-6-14(3)10-15)21(29)26(24-18)17-9-5-8-16(22)11-17/h4-11,13H,12H2,1-3H3,(H,23,27). The fraction of sp³-hybridized carbons (Fsp3) is 0.238. The molecule has 0 aliphatic carbocycles. The third-order valence-corrected chi connectivity index (χ3v) is 4.17. The van der Waals surface area contributed by atoms with E-state index in [0.717, 1.165) is 26.4 Å². The molecule has 1 aromatic heterocycles. The summed E-state index contributed by atoms with van der Waals surface area (Å²) < 4.78 is 15.5. The van der Waals surface area contributed by atoms with Gasteiger partial charge in [-0.25, -0.2) is 9.18 Å². The number of rotatable bonds is 5. The summed E-state index contributed by atoms with van der Waals surface area (Å²) in [4.78, 5) is 38.4. The molecule has 0 aliphatic rings. The lowest BCUT2D eigenvalue weighted by Gasteiger charge is -2.13. The second-order valence-electron chi connectivity index (χ2n) is 7.03. The lowest BCUT2D eigenvalue weighted by Crippen LogP contribution is -2.46. The van der Waals surface area contributed by atoms with E-state index in [1.807, 2.05) is 25.1 Å². The number of halogens is 1. The first-order chi connectivity index (χ1) is 13.8. The predicted octanol–water partition coefficient (Wildman–Crippen LogP) is 2.03. The van der Waals surface area contributed by atoms with E-state index in [1.54, 1.807) is 19.9 Å². The summed E-state index contributed by atoms with van der Waals surface area (Å²) in [6, 6.07) is 12.3. The van der Waals surface area contributed by atoms with E-state index in [0.29, 0.717) is 0 Å². The van der Waals surface area contributed by atoms with Gasteiger partial charge in [0.1, 0.15) is 5.82 Å². The number of carbonyl (C=O) groups excluding carboxylic acids is 1. The molecule has 3 aromatic rings. The zero-order valence-electron chi connectivity index (χ0n) is 16.3. The molecule has 0 saturated heterocycles. The number of nitrogens with one attached hydrogen (secondary N) is 1. The average molecular weight is 396 g/mol. The Labute approximate surface area is 166 Å². The fourth-order valence-electron chi connectivity index (χ4n) is 2.90. The van der Waals surface area contributed by atoms with E-state index in [-0.39, 0.29) is 18.3 Å². The highest BCUT2D eigenvalue weighted by atomic mass is 19.1. The summed E-state index contributed by atoms with van der Waals surface area (Å²) in [5.74, 6) is -1.27. The fourth-order valence-corrected chi connectivity index (χ4v) is 2.90. The second kappa shape index (κ2) is 8.22. The second-order valence-corrected chi connectivity index (χ2v) is 7.03. The Bertz CT molecular complexity index is 1180. The first kappa shape index (κ1) is 20.2. The minimum atomic E-state index is -0.803. The van der Waals surface area contributed by atoms with Crippen LogP contribution in [0.1, 0.15) is 35.5 Å². The summed E-state index contributed by atoms with van der Waals surface area (Å²) >= 11 is 0. The van der Waals surface area contributed by atoms with Gasteiger partial charge in [-0.05, 0) is 44.5 Å². The highest BCUT2D eigenvalue weighted by Crippen LogP contribution is 2.08. The number of nitrogens with zero attached hydrogens (tertiary/aromatic N) is 3. The van der Waals surface area contributed by atoms with Gasteiger partial charge >= 0.3 is 5.69 Å². The molecule has 0 spiro atoms. The SMILES string of the molecule is Cc1cccc(Cn2c(=O)c(C(=O)NC(C)C)nn(-c3cccc(F)c3)c2=O)c1. The lowest BCUT2D eigenvalue weighted by molar-refractivity contribution is 0.0933. The third kappa shape index (κ3) is 4.48. The van der Waals surface area contributed by atoms with Crippen molar-refractivity contribution >= 4 is 5.91 Å². The number of hydrogen-bond donors (Lipinski definition) is 1. The molecule has 29 heavy (non-hydrogen) atoms. The molecule has 0 aliphatic heterocycles. The van der Waals surface area contributed by atoms with Gasteiger partial charge in [0.15, 0.2) is 0 Å². The van der Waals surface area contributed by atoms with Crippen LogP contribution in [-0.2, 0) is 6.54 Å². The van der Waals surface area contributed by atoms with E-state index in [4.69, 9.17) is 0 Å². The quantitative estimate of drug-likeness (QED) is 0.715. The number of amides is 1. The van der Waals surface area contributed by atoms with Crippen molar-refractivity contribution in [3.05, 3.63) is 92.0 Å². The normalized spacial score (nSPS) is 10.9. The van der Waals surface area contributed by atoms with E-state index in [2.05, 4.69) is 10.4 Å². The molecule has 8 heteroatoms. The highest BCUT2D eigenvalue weighted by molar-refractivity contribution is 5.91. The average Bonchev–Trinajstić information content (AvgIpc) is 2.64. The van der Waals surface area contributed by atoms with Crippen LogP contribution in [0.2, 0.25) is 0 Å². The van der Waals surface area contributed by atoms with Gasteiger partial charge in [0.2, 0.25) is 5.69 Å². The van der Waals surface area contributed by atoms with Crippen molar-refractivity contribution in [2.75, 3.05) is 0 Å². The zero-order chi connectivity index (χ0) is 21.1. The Kier molecular flexibility index (Phi) is 5.72. The van der Waals surface area contributed by atoms with Gasteiger partial charge in [-0.2, -0.15) is 9.78 Å². The van der Waals surface area contributed by atoms with Crippen LogP contribution in [0.25, 0.3) is 5.69 Å². The maximum Gasteiger partial charge on any atom is 0.352 e. The first-order valence-corrected chi connectivity index (χ1v) is 9.13. The van der Waals surface area contributed by atoms with Gasteiger partial charge in [-0.1, -0.05) is 35.9 Å². The van der Waals surface area contributed by atoms with E-state index in [9.17, 15) is 18.8 Å². The summed E-state index contributed by atoms with van der Waals surface area (Å²) in [7, 11) is 0. The third-order valence-electron chi connectivity index (χ3n) is 4.17. The molecule has 1 heterocycles. The van der Waals surface area contributed by atoms with Gasteiger partial charge in [0, 0.05) is 6.04 Å². The van der Waals surface area contributed by atoms with E-state index < -0.39 is 28.7 Å².